The first-order valence-electron chi connectivity index (χ1n) is 6.69. The van der Waals surface area contributed by atoms with Crippen LogP contribution in [0, 0.1) is 10.1 Å². The van der Waals surface area contributed by atoms with Crippen LogP contribution in [0.1, 0.15) is 5.56 Å². The first kappa shape index (κ1) is 18.2. The van der Waals surface area contributed by atoms with E-state index < -0.39 is 20.6 Å². The topological polar surface area (TPSA) is 157 Å². The molecule has 0 aliphatic rings. The number of ether oxygens (including phenoxy) is 1. The molecule has 0 amide bonds. The summed E-state index contributed by atoms with van der Waals surface area (Å²) in [6.07, 6.45) is 1.35. The Morgan fingerprint density at radius 2 is 2.04 bits per heavy atom. The van der Waals surface area contributed by atoms with Gasteiger partial charge in [0.15, 0.2) is 11.5 Å². The molecule has 2 rings (SSSR count). The number of anilines is 1. The Morgan fingerprint density at radius 3 is 2.64 bits per heavy atom. The van der Waals surface area contributed by atoms with Gasteiger partial charge < -0.3 is 9.84 Å². The maximum absolute atomic E-state index is 11.3. The summed E-state index contributed by atoms with van der Waals surface area (Å²) < 4.78 is 27.5. The standard InChI is InChI=1S/C14H14N4O6S/c1-24-14-6-9(2-5-13(14)19)8-16-17-11-4-3-10(25(15,22)23)7-12(11)18(20)21/h2-8,17,19H,1H3,(H2,15,22,23)/b16-8+. The molecule has 0 atom stereocenters. The molecule has 0 aliphatic carbocycles. The molecule has 0 unspecified atom stereocenters. The number of hydrazone groups is 1. The fourth-order valence-electron chi connectivity index (χ4n) is 1.88. The maximum Gasteiger partial charge on any atom is 0.295 e. The molecule has 0 saturated heterocycles. The van der Waals surface area contributed by atoms with Gasteiger partial charge in [-0.25, -0.2) is 13.6 Å². The number of hydrogen-bond donors (Lipinski definition) is 3. The number of nitrogens with two attached hydrogens (primary N) is 1. The second-order valence-electron chi connectivity index (χ2n) is 4.78. The minimum atomic E-state index is -4.06. The number of nitrogens with zero attached hydrogens (tertiary/aromatic N) is 2. The molecule has 0 aromatic heterocycles. The normalized spacial score (nSPS) is 11.4. The van der Waals surface area contributed by atoms with Gasteiger partial charge in [-0.2, -0.15) is 5.10 Å². The molecule has 0 saturated carbocycles. The number of nitro groups is 1. The molecule has 25 heavy (non-hydrogen) atoms. The highest BCUT2D eigenvalue weighted by atomic mass is 32.2. The Labute approximate surface area is 142 Å². The van der Waals surface area contributed by atoms with E-state index in [1.54, 1.807) is 6.07 Å². The van der Waals surface area contributed by atoms with Gasteiger partial charge in [-0.05, 0) is 35.9 Å². The van der Waals surface area contributed by atoms with Crippen LogP contribution in [0.15, 0.2) is 46.4 Å². The Balaban J connectivity index is 2.27. The molecule has 0 spiro atoms. The van der Waals surface area contributed by atoms with E-state index in [-0.39, 0.29) is 22.1 Å². The van der Waals surface area contributed by atoms with E-state index in [2.05, 4.69) is 10.5 Å². The summed E-state index contributed by atoms with van der Waals surface area (Å²) in [6.45, 7) is 0. The molecule has 0 fully saturated rings. The van der Waals surface area contributed by atoms with Gasteiger partial charge in [-0.15, -0.1) is 0 Å². The SMILES string of the molecule is COc1cc(/C=N/Nc2ccc(S(N)(=O)=O)cc2[N+](=O)[O-])ccc1O. The molecular weight excluding hydrogens is 352 g/mol. The van der Waals surface area contributed by atoms with Crippen LogP contribution >= 0.6 is 0 Å². The molecule has 132 valence electrons. The monoisotopic (exact) mass is 366 g/mol. The summed E-state index contributed by atoms with van der Waals surface area (Å²) in [7, 11) is -2.67. The van der Waals surface area contributed by atoms with Crippen LogP contribution in [0.2, 0.25) is 0 Å². The summed E-state index contributed by atoms with van der Waals surface area (Å²) >= 11 is 0. The fraction of sp³-hybridized carbons (Fsp3) is 0.0714. The van der Waals surface area contributed by atoms with Crippen LogP contribution in [0.5, 0.6) is 11.5 Å². The lowest BCUT2D eigenvalue weighted by atomic mass is 10.2. The minimum Gasteiger partial charge on any atom is -0.504 e. The van der Waals surface area contributed by atoms with Crippen molar-refractivity contribution in [3.63, 3.8) is 0 Å². The summed E-state index contributed by atoms with van der Waals surface area (Å²) in [4.78, 5) is 9.96. The minimum absolute atomic E-state index is 0.0145. The highest BCUT2D eigenvalue weighted by Gasteiger charge is 2.18. The van der Waals surface area contributed by atoms with E-state index in [9.17, 15) is 23.6 Å². The quantitative estimate of drug-likeness (QED) is 0.396. The molecule has 0 radical (unpaired) electrons. The largest absolute Gasteiger partial charge is 0.504 e. The van der Waals surface area contributed by atoms with Crippen molar-refractivity contribution < 1.29 is 23.2 Å². The van der Waals surface area contributed by atoms with E-state index in [1.807, 2.05) is 0 Å². The number of rotatable bonds is 6. The van der Waals surface area contributed by atoms with E-state index >= 15 is 0 Å². The van der Waals surface area contributed by atoms with Crippen molar-refractivity contribution in [1.29, 1.82) is 0 Å². The van der Waals surface area contributed by atoms with Gasteiger partial charge >= 0.3 is 0 Å². The highest BCUT2D eigenvalue weighted by Crippen LogP contribution is 2.28. The molecule has 10 nitrogen and oxygen atoms in total. The van der Waals surface area contributed by atoms with Crippen LogP contribution in [-0.2, 0) is 10.0 Å². The number of sulfonamides is 1. The molecule has 0 heterocycles. The van der Waals surface area contributed by atoms with Crippen molar-refractivity contribution in [3.8, 4) is 11.5 Å². The fourth-order valence-corrected chi connectivity index (χ4v) is 2.42. The summed E-state index contributed by atoms with van der Waals surface area (Å²) in [5.41, 5.74) is 2.52. The summed E-state index contributed by atoms with van der Waals surface area (Å²) in [6, 6.07) is 7.64. The van der Waals surface area contributed by atoms with Crippen molar-refractivity contribution >= 4 is 27.6 Å². The third-order valence-electron chi connectivity index (χ3n) is 3.10. The van der Waals surface area contributed by atoms with Crippen molar-refractivity contribution in [3.05, 3.63) is 52.1 Å². The van der Waals surface area contributed by atoms with Gasteiger partial charge in [-0.1, -0.05) is 0 Å². The van der Waals surface area contributed by atoms with Gasteiger partial charge in [0.2, 0.25) is 10.0 Å². The number of benzene rings is 2. The second kappa shape index (κ2) is 7.15. The number of nitrogens with one attached hydrogen (secondary N) is 1. The van der Waals surface area contributed by atoms with Gasteiger partial charge in [0, 0.05) is 6.07 Å². The van der Waals surface area contributed by atoms with Gasteiger partial charge in [0.1, 0.15) is 5.69 Å². The zero-order valence-electron chi connectivity index (χ0n) is 12.9. The summed E-state index contributed by atoms with van der Waals surface area (Å²) in [5, 5.41) is 29.4. The highest BCUT2D eigenvalue weighted by molar-refractivity contribution is 7.89. The predicted octanol–water partition coefficient (Wildman–Crippen LogP) is 1.40. The molecule has 0 aliphatic heterocycles. The Bertz CT molecular complexity index is 942. The molecule has 11 heteroatoms. The maximum atomic E-state index is 11.3. The van der Waals surface area contributed by atoms with Gasteiger partial charge in [0.25, 0.3) is 5.69 Å². The van der Waals surface area contributed by atoms with Crippen molar-refractivity contribution in [2.75, 3.05) is 12.5 Å². The van der Waals surface area contributed by atoms with Crippen LogP contribution in [-0.4, -0.2) is 31.8 Å². The number of hydrogen-bond acceptors (Lipinski definition) is 8. The van der Waals surface area contributed by atoms with Crippen LogP contribution in [0.25, 0.3) is 0 Å². The van der Waals surface area contributed by atoms with Crippen LogP contribution in [0.3, 0.4) is 0 Å². The lowest BCUT2D eigenvalue weighted by Crippen LogP contribution is -2.12. The van der Waals surface area contributed by atoms with Crippen LogP contribution in [0.4, 0.5) is 11.4 Å². The third-order valence-corrected chi connectivity index (χ3v) is 4.01. The van der Waals surface area contributed by atoms with Crippen molar-refractivity contribution in [1.82, 2.24) is 0 Å². The Kier molecular flexibility index (Phi) is 5.20. The number of phenols is 1. The summed E-state index contributed by atoms with van der Waals surface area (Å²) in [5.74, 6) is 0.203. The van der Waals surface area contributed by atoms with E-state index in [0.717, 1.165) is 12.1 Å². The Hall–Kier alpha value is -3.18. The molecule has 4 N–H and O–H groups in total. The zero-order chi connectivity index (χ0) is 18.6. The van der Waals surface area contributed by atoms with Crippen molar-refractivity contribution in [2.24, 2.45) is 10.2 Å². The van der Waals surface area contributed by atoms with E-state index in [1.165, 1.54) is 31.5 Å². The van der Waals surface area contributed by atoms with Crippen LogP contribution < -0.4 is 15.3 Å². The average molecular weight is 366 g/mol. The van der Waals surface area contributed by atoms with Crippen molar-refractivity contribution in [2.45, 2.75) is 4.90 Å². The first-order chi connectivity index (χ1) is 11.7. The lowest BCUT2D eigenvalue weighted by molar-refractivity contribution is -0.384. The lowest BCUT2D eigenvalue weighted by Gasteiger charge is -2.05. The smallest absolute Gasteiger partial charge is 0.295 e. The van der Waals surface area contributed by atoms with Gasteiger partial charge in [-0.3, -0.25) is 15.5 Å². The van der Waals surface area contributed by atoms with Gasteiger partial charge in [0.05, 0.1) is 23.1 Å². The molecule has 2 aromatic rings. The number of aromatic hydroxyl groups is 1. The second-order valence-corrected chi connectivity index (χ2v) is 6.34. The van der Waals surface area contributed by atoms with E-state index in [4.69, 9.17) is 9.88 Å². The third kappa shape index (κ3) is 4.43. The number of phenolic OH excluding ortho intramolecular Hbond substituents is 1. The Morgan fingerprint density at radius 1 is 1.32 bits per heavy atom. The molecule has 0 bridgehead atoms. The molecule has 2 aromatic carbocycles. The number of primary sulfonamides is 1. The predicted molar refractivity (Wildman–Crippen MR) is 90.3 cm³/mol. The first-order valence-corrected chi connectivity index (χ1v) is 8.24. The zero-order valence-corrected chi connectivity index (χ0v) is 13.7. The number of nitro benzene ring substituents is 1. The average Bonchev–Trinajstić information content (AvgIpc) is 2.55. The molecular formula is C14H14N4O6S. The number of methoxy groups -OCH3 is 1. The van der Waals surface area contributed by atoms with E-state index in [0.29, 0.717) is 5.56 Å².